The van der Waals surface area contributed by atoms with Crippen molar-refractivity contribution in [2.24, 2.45) is 0 Å². The predicted molar refractivity (Wildman–Crippen MR) is 112 cm³/mol. The second kappa shape index (κ2) is 8.28. The summed E-state index contributed by atoms with van der Waals surface area (Å²) in [6.45, 7) is 3.14. The molecule has 1 heterocycles. The molecule has 4 rings (SSSR count). The summed E-state index contributed by atoms with van der Waals surface area (Å²) in [7, 11) is 2.21. The molecule has 1 aliphatic rings. The Kier molecular flexibility index (Phi) is 5.40. The van der Waals surface area contributed by atoms with E-state index in [1.807, 2.05) is 24.3 Å². The SMILES string of the molecule is CN(CCCN1c2ccccc2Oc2ccccc21)CCc1ccccc1. The van der Waals surface area contributed by atoms with Crippen LogP contribution in [0, 0.1) is 0 Å². The van der Waals surface area contributed by atoms with E-state index in [1.54, 1.807) is 0 Å². The van der Waals surface area contributed by atoms with E-state index in [9.17, 15) is 0 Å². The standard InChI is InChI=1S/C24H26N2O/c1-25(19-16-20-10-3-2-4-11-20)17-9-18-26-21-12-5-7-14-23(21)27-24-15-8-6-13-22(24)26/h2-8,10-15H,9,16-19H2,1H3. The highest BCUT2D eigenvalue weighted by molar-refractivity contribution is 5.77. The highest BCUT2D eigenvalue weighted by atomic mass is 16.5. The van der Waals surface area contributed by atoms with Crippen molar-refractivity contribution in [1.29, 1.82) is 0 Å². The number of benzene rings is 3. The van der Waals surface area contributed by atoms with Crippen LogP contribution in [-0.4, -0.2) is 31.6 Å². The smallest absolute Gasteiger partial charge is 0.151 e. The lowest BCUT2D eigenvalue weighted by Crippen LogP contribution is -2.28. The Hall–Kier alpha value is -2.78. The molecule has 0 saturated carbocycles. The second-order valence-electron chi connectivity index (χ2n) is 7.08. The third-order valence-electron chi connectivity index (χ3n) is 5.08. The average Bonchev–Trinajstić information content (AvgIpc) is 2.72. The topological polar surface area (TPSA) is 15.7 Å². The number of likely N-dealkylation sites (N-methyl/N-ethyl adjacent to an activating group) is 1. The molecule has 0 atom stereocenters. The van der Waals surface area contributed by atoms with Crippen LogP contribution in [0.2, 0.25) is 0 Å². The van der Waals surface area contributed by atoms with Crippen LogP contribution in [0.3, 0.4) is 0 Å². The first kappa shape index (κ1) is 17.6. The molecule has 0 amide bonds. The maximum Gasteiger partial charge on any atom is 0.151 e. The highest BCUT2D eigenvalue weighted by Gasteiger charge is 2.23. The molecular weight excluding hydrogens is 332 g/mol. The lowest BCUT2D eigenvalue weighted by atomic mass is 10.1. The number of hydrogen-bond acceptors (Lipinski definition) is 3. The number of rotatable bonds is 7. The van der Waals surface area contributed by atoms with Crippen LogP contribution in [-0.2, 0) is 6.42 Å². The normalized spacial score (nSPS) is 12.4. The molecule has 0 bridgehead atoms. The van der Waals surface area contributed by atoms with Crippen molar-refractivity contribution in [2.45, 2.75) is 12.8 Å². The van der Waals surface area contributed by atoms with Crippen LogP contribution in [0.4, 0.5) is 11.4 Å². The van der Waals surface area contributed by atoms with Crippen LogP contribution in [0.15, 0.2) is 78.9 Å². The molecule has 0 radical (unpaired) electrons. The van der Waals surface area contributed by atoms with Crippen LogP contribution < -0.4 is 9.64 Å². The zero-order valence-electron chi connectivity index (χ0n) is 15.8. The first-order valence-electron chi connectivity index (χ1n) is 9.67. The van der Waals surface area contributed by atoms with Crippen LogP contribution >= 0.6 is 0 Å². The molecule has 0 aromatic heterocycles. The van der Waals surface area contributed by atoms with E-state index in [-0.39, 0.29) is 0 Å². The Morgan fingerprint density at radius 2 is 1.33 bits per heavy atom. The largest absolute Gasteiger partial charge is 0.453 e. The summed E-state index contributed by atoms with van der Waals surface area (Å²) in [6.07, 6.45) is 2.20. The van der Waals surface area contributed by atoms with Gasteiger partial charge in [-0.2, -0.15) is 0 Å². The Morgan fingerprint density at radius 1 is 0.741 bits per heavy atom. The molecule has 3 aromatic carbocycles. The fourth-order valence-corrected chi connectivity index (χ4v) is 3.60. The van der Waals surface area contributed by atoms with Gasteiger partial charge in [0.15, 0.2) is 11.5 Å². The Balaban J connectivity index is 1.37. The van der Waals surface area contributed by atoms with E-state index >= 15 is 0 Å². The molecule has 0 spiro atoms. The summed E-state index contributed by atoms with van der Waals surface area (Å²) < 4.78 is 6.07. The zero-order valence-corrected chi connectivity index (χ0v) is 15.8. The molecule has 0 saturated heterocycles. The summed E-state index contributed by atoms with van der Waals surface area (Å²) >= 11 is 0. The molecule has 3 heteroatoms. The molecule has 0 aliphatic carbocycles. The van der Waals surface area contributed by atoms with Gasteiger partial charge in [0.25, 0.3) is 0 Å². The molecule has 138 valence electrons. The summed E-state index contributed by atoms with van der Waals surface area (Å²) in [5, 5.41) is 0. The third-order valence-corrected chi connectivity index (χ3v) is 5.08. The fourth-order valence-electron chi connectivity index (χ4n) is 3.60. The maximum absolute atomic E-state index is 6.07. The predicted octanol–water partition coefficient (Wildman–Crippen LogP) is 5.50. The lowest BCUT2D eigenvalue weighted by molar-refractivity contribution is 0.335. The van der Waals surface area contributed by atoms with E-state index in [2.05, 4.69) is 71.4 Å². The van der Waals surface area contributed by atoms with Gasteiger partial charge >= 0.3 is 0 Å². The van der Waals surface area contributed by atoms with Gasteiger partial charge < -0.3 is 14.5 Å². The number of hydrogen-bond donors (Lipinski definition) is 0. The van der Waals surface area contributed by atoms with E-state index in [4.69, 9.17) is 4.74 Å². The molecule has 0 unspecified atom stereocenters. The molecule has 0 fully saturated rings. The number of nitrogens with zero attached hydrogens (tertiary/aromatic N) is 2. The zero-order chi connectivity index (χ0) is 18.5. The first-order chi connectivity index (χ1) is 13.3. The Labute approximate surface area is 161 Å². The monoisotopic (exact) mass is 358 g/mol. The van der Waals surface area contributed by atoms with Gasteiger partial charge in [0, 0.05) is 13.1 Å². The summed E-state index contributed by atoms with van der Waals surface area (Å²) in [6, 6.07) is 27.3. The average molecular weight is 358 g/mol. The van der Waals surface area contributed by atoms with Gasteiger partial charge in [-0.15, -0.1) is 0 Å². The minimum atomic E-state index is 0.939. The minimum Gasteiger partial charge on any atom is -0.453 e. The van der Waals surface area contributed by atoms with E-state index in [0.29, 0.717) is 0 Å². The van der Waals surface area contributed by atoms with Crippen molar-refractivity contribution >= 4 is 11.4 Å². The van der Waals surface area contributed by atoms with Gasteiger partial charge in [-0.3, -0.25) is 0 Å². The van der Waals surface area contributed by atoms with Crippen LogP contribution in [0.25, 0.3) is 0 Å². The van der Waals surface area contributed by atoms with E-state index in [1.165, 1.54) is 5.56 Å². The van der Waals surface area contributed by atoms with Gasteiger partial charge in [0.05, 0.1) is 11.4 Å². The fraction of sp³-hybridized carbons (Fsp3) is 0.250. The highest BCUT2D eigenvalue weighted by Crippen LogP contribution is 2.46. The van der Waals surface area contributed by atoms with Crippen molar-refractivity contribution in [1.82, 2.24) is 4.90 Å². The summed E-state index contributed by atoms with van der Waals surface area (Å²) in [5.41, 5.74) is 3.71. The molecule has 3 nitrogen and oxygen atoms in total. The number of fused-ring (bicyclic) bond motifs is 2. The van der Waals surface area contributed by atoms with Gasteiger partial charge in [-0.05, 0) is 56.3 Å². The molecule has 27 heavy (non-hydrogen) atoms. The molecule has 0 N–H and O–H groups in total. The van der Waals surface area contributed by atoms with Crippen LogP contribution in [0.1, 0.15) is 12.0 Å². The lowest BCUT2D eigenvalue weighted by Gasteiger charge is -2.33. The van der Waals surface area contributed by atoms with Gasteiger partial charge in [0.2, 0.25) is 0 Å². The molecule has 3 aromatic rings. The third kappa shape index (κ3) is 4.15. The Bertz CT molecular complexity index is 833. The first-order valence-corrected chi connectivity index (χ1v) is 9.67. The molecular formula is C24H26N2O. The van der Waals surface area contributed by atoms with Crippen molar-refractivity contribution in [3.8, 4) is 11.5 Å². The van der Waals surface area contributed by atoms with Crippen molar-refractivity contribution in [3.05, 3.63) is 84.4 Å². The second-order valence-corrected chi connectivity index (χ2v) is 7.08. The van der Waals surface area contributed by atoms with Gasteiger partial charge in [-0.25, -0.2) is 0 Å². The van der Waals surface area contributed by atoms with E-state index in [0.717, 1.165) is 55.3 Å². The maximum atomic E-state index is 6.07. The Morgan fingerprint density at radius 3 is 2.00 bits per heavy atom. The van der Waals surface area contributed by atoms with Crippen LogP contribution in [0.5, 0.6) is 11.5 Å². The summed E-state index contributed by atoms with van der Waals surface area (Å²) in [5.74, 6) is 1.88. The summed E-state index contributed by atoms with van der Waals surface area (Å²) in [4.78, 5) is 4.81. The minimum absolute atomic E-state index is 0.939. The van der Waals surface area contributed by atoms with Crippen molar-refractivity contribution in [2.75, 3.05) is 31.6 Å². The van der Waals surface area contributed by atoms with Gasteiger partial charge in [0.1, 0.15) is 0 Å². The van der Waals surface area contributed by atoms with Gasteiger partial charge in [-0.1, -0.05) is 54.6 Å². The number of ether oxygens (including phenoxy) is 1. The van der Waals surface area contributed by atoms with Crippen molar-refractivity contribution in [3.63, 3.8) is 0 Å². The molecule has 1 aliphatic heterocycles. The number of anilines is 2. The van der Waals surface area contributed by atoms with E-state index < -0.39 is 0 Å². The quantitative estimate of drug-likeness (QED) is 0.555. The number of para-hydroxylation sites is 4. The van der Waals surface area contributed by atoms with Crippen molar-refractivity contribution < 1.29 is 4.74 Å².